The fourth-order valence-corrected chi connectivity index (χ4v) is 10.6. The Morgan fingerprint density at radius 3 is 0.956 bits per heavy atom. The van der Waals surface area contributed by atoms with E-state index in [0.717, 1.165) is 124 Å². The maximum Gasteiger partial charge on any atom is 0.160 e. The second kappa shape index (κ2) is 15.3. The predicted molar refractivity (Wildman–Crippen MR) is 278 cm³/mol. The molecular formula is C58H44N10. The molecule has 0 bridgehead atoms. The first-order valence-electron chi connectivity index (χ1n) is 22.8. The monoisotopic (exact) mass is 880 g/mol. The van der Waals surface area contributed by atoms with Crippen LogP contribution in [0.3, 0.4) is 0 Å². The summed E-state index contributed by atoms with van der Waals surface area (Å²) in [5.74, 6) is 1.52. The van der Waals surface area contributed by atoms with Crippen LogP contribution in [-0.2, 0) is 14.1 Å². The van der Waals surface area contributed by atoms with Crippen molar-refractivity contribution in [1.82, 2.24) is 29.1 Å². The van der Waals surface area contributed by atoms with Gasteiger partial charge in [0.1, 0.15) is 22.7 Å². The van der Waals surface area contributed by atoms with Gasteiger partial charge in [0.05, 0.1) is 68.0 Å². The first-order chi connectivity index (χ1) is 33.5. The van der Waals surface area contributed by atoms with Crippen molar-refractivity contribution >= 4 is 79.2 Å². The summed E-state index contributed by atoms with van der Waals surface area (Å²) in [6, 6.07) is 64.5. The molecule has 6 heterocycles. The van der Waals surface area contributed by atoms with Crippen LogP contribution >= 0.6 is 0 Å². The first kappa shape index (κ1) is 39.4. The molecule has 0 spiro atoms. The van der Waals surface area contributed by atoms with Gasteiger partial charge in [-0.15, -0.1) is 0 Å². The maximum atomic E-state index is 5.64. The zero-order chi connectivity index (χ0) is 45.6. The van der Waals surface area contributed by atoms with Crippen molar-refractivity contribution in [3.8, 4) is 45.0 Å². The highest BCUT2D eigenvalue weighted by molar-refractivity contribution is 6.19. The maximum absolute atomic E-state index is 5.64. The molecular weight excluding hydrogens is 837 g/mol. The summed E-state index contributed by atoms with van der Waals surface area (Å²) >= 11 is 0. The highest BCUT2D eigenvalue weighted by atomic mass is 15.3. The van der Waals surface area contributed by atoms with Crippen LogP contribution in [0, 0.1) is 0 Å². The number of pyridine rings is 2. The van der Waals surface area contributed by atoms with Gasteiger partial charge in [-0.05, 0) is 83.9 Å². The molecule has 326 valence electrons. The molecule has 11 aromatic rings. The SMILES string of the molecule is CN1c2ccccc2N(c2c(-c3ccccc3)c(-c3nc4cccnc4n3C)c(N3c4ccccc4N(C)c4ccccc43)c(-c3nc4cccnc4n3C)c2-c2ccccc2)c2ccccc21. The quantitative estimate of drug-likeness (QED) is 0.163. The van der Waals surface area contributed by atoms with E-state index in [0.29, 0.717) is 0 Å². The van der Waals surface area contributed by atoms with Gasteiger partial charge < -0.3 is 28.7 Å². The molecule has 68 heavy (non-hydrogen) atoms. The van der Waals surface area contributed by atoms with E-state index >= 15 is 0 Å². The van der Waals surface area contributed by atoms with Crippen LogP contribution in [-0.4, -0.2) is 43.2 Å². The van der Waals surface area contributed by atoms with Gasteiger partial charge in [-0.25, -0.2) is 19.9 Å². The first-order valence-corrected chi connectivity index (χ1v) is 22.8. The Balaban J connectivity index is 1.36. The van der Waals surface area contributed by atoms with Crippen molar-refractivity contribution in [1.29, 1.82) is 0 Å². The van der Waals surface area contributed by atoms with Crippen LogP contribution in [0.25, 0.3) is 67.4 Å². The highest BCUT2D eigenvalue weighted by Gasteiger charge is 2.41. The van der Waals surface area contributed by atoms with Crippen molar-refractivity contribution in [2.24, 2.45) is 14.1 Å². The fourth-order valence-electron chi connectivity index (χ4n) is 10.6. The van der Waals surface area contributed by atoms with Gasteiger partial charge in [-0.3, -0.25) is 0 Å². The highest BCUT2D eigenvalue weighted by Crippen LogP contribution is 2.64. The van der Waals surface area contributed by atoms with Gasteiger partial charge in [0.15, 0.2) is 11.3 Å². The van der Waals surface area contributed by atoms with E-state index in [1.165, 1.54) is 0 Å². The molecule has 2 aliphatic heterocycles. The van der Waals surface area contributed by atoms with Crippen LogP contribution in [0.4, 0.5) is 56.9 Å². The molecule has 0 fully saturated rings. The minimum absolute atomic E-state index is 0.760. The Morgan fingerprint density at radius 1 is 0.309 bits per heavy atom. The Kier molecular flexibility index (Phi) is 8.85. The van der Waals surface area contributed by atoms with Crippen LogP contribution < -0.4 is 19.6 Å². The molecule has 2 aliphatic rings. The van der Waals surface area contributed by atoms with Gasteiger partial charge in [0.2, 0.25) is 0 Å². The zero-order valence-corrected chi connectivity index (χ0v) is 37.9. The van der Waals surface area contributed by atoms with Crippen molar-refractivity contribution in [3.05, 3.63) is 194 Å². The smallest absolute Gasteiger partial charge is 0.160 e. The molecule has 13 rings (SSSR count). The number of aryl methyl sites for hydroxylation is 2. The lowest BCUT2D eigenvalue weighted by molar-refractivity contribution is 0.936. The second-order valence-corrected chi connectivity index (χ2v) is 17.4. The van der Waals surface area contributed by atoms with E-state index in [4.69, 9.17) is 19.9 Å². The topological polar surface area (TPSA) is 74.4 Å². The van der Waals surface area contributed by atoms with E-state index in [-0.39, 0.29) is 0 Å². The van der Waals surface area contributed by atoms with Gasteiger partial charge >= 0.3 is 0 Å². The molecule has 0 amide bonds. The largest absolute Gasteiger partial charge is 0.341 e. The van der Waals surface area contributed by atoms with Crippen LogP contribution in [0.1, 0.15) is 0 Å². The summed E-state index contributed by atoms with van der Waals surface area (Å²) in [6.45, 7) is 0. The summed E-state index contributed by atoms with van der Waals surface area (Å²) in [7, 11) is 8.49. The number of benzene rings is 7. The number of hydrogen-bond donors (Lipinski definition) is 0. The number of rotatable bonds is 6. The minimum Gasteiger partial charge on any atom is -0.341 e. The Morgan fingerprint density at radius 2 is 0.618 bits per heavy atom. The number of hydrogen-bond acceptors (Lipinski definition) is 8. The van der Waals surface area contributed by atoms with E-state index in [1.54, 1.807) is 0 Å². The molecule has 0 atom stereocenters. The third kappa shape index (κ3) is 5.70. The van der Waals surface area contributed by atoms with E-state index in [9.17, 15) is 0 Å². The molecule has 0 radical (unpaired) electrons. The van der Waals surface area contributed by atoms with Gasteiger partial charge in [0, 0.05) is 51.7 Å². The molecule has 7 aromatic carbocycles. The predicted octanol–water partition coefficient (Wildman–Crippen LogP) is 14.0. The number of aromatic nitrogens is 6. The molecule has 0 N–H and O–H groups in total. The molecule has 4 aromatic heterocycles. The molecule has 10 nitrogen and oxygen atoms in total. The van der Waals surface area contributed by atoms with E-state index in [2.05, 4.69) is 227 Å². The lowest BCUT2D eigenvalue weighted by Gasteiger charge is -2.43. The minimum atomic E-state index is 0.760. The van der Waals surface area contributed by atoms with E-state index in [1.807, 2.05) is 24.5 Å². The lowest BCUT2D eigenvalue weighted by atomic mass is 9.83. The van der Waals surface area contributed by atoms with E-state index < -0.39 is 0 Å². The summed E-state index contributed by atoms with van der Waals surface area (Å²) in [5, 5.41) is 0. The second-order valence-electron chi connectivity index (χ2n) is 17.4. The zero-order valence-electron chi connectivity index (χ0n) is 37.9. The number of nitrogens with zero attached hydrogens (tertiary/aromatic N) is 10. The average Bonchev–Trinajstić information content (AvgIpc) is 3.91. The Hall–Kier alpha value is -9.02. The molecule has 0 saturated carbocycles. The average molecular weight is 881 g/mol. The number of para-hydroxylation sites is 8. The standard InChI is InChI=1S/C58H44N10/c1-63-41-27-11-15-31-45(41)67(46-32-16-12-28-42(46)63)53-49(37-21-7-5-8-22-37)51(57-61-39-25-19-35-59-55(39)65(57)3)54(68-47-33-17-13-29-43(47)64(2)44-30-14-18-34-48(44)68)52(50(53)38-23-9-6-10-24-38)58-62-40-26-20-36-60-56(40)66(58)4/h5-36H,1-4H3. The summed E-state index contributed by atoms with van der Waals surface area (Å²) in [6.07, 6.45) is 3.69. The molecule has 10 heteroatoms. The summed E-state index contributed by atoms with van der Waals surface area (Å²) < 4.78 is 4.32. The summed E-state index contributed by atoms with van der Waals surface area (Å²) in [4.78, 5) is 30.7. The van der Waals surface area contributed by atoms with Crippen molar-refractivity contribution < 1.29 is 0 Å². The lowest BCUT2D eigenvalue weighted by Crippen LogP contribution is -2.27. The van der Waals surface area contributed by atoms with Crippen LogP contribution in [0.2, 0.25) is 0 Å². The molecule has 0 unspecified atom stereocenters. The fraction of sp³-hybridized carbons (Fsp3) is 0.0690. The Bertz CT molecular complexity index is 3540. The number of imidazole rings is 2. The summed E-state index contributed by atoms with van der Waals surface area (Å²) in [5.41, 5.74) is 19.4. The van der Waals surface area contributed by atoms with Crippen LogP contribution in [0.15, 0.2) is 194 Å². The molecule has 0 aliphatic carbocycles. The van der Waals surface area contributed by atoms with Crippen molar-refractivity contribution in [2.75, 3.05) is 33.7 Å². The third-order valence-electron chi connectivity index (χ3n) is 13.7. The van der Waals surface area contributed by atoms with Crippen LogP contribution in [0.5, 0.6) is 0 Å². The normalized spacial score (nSPS) is 12.9. The number of fused-ring (bicyclic) bond motifs is 6. The van der Waals surface area contributed by atoms with Gasteiger partial charge in [-0.1, -0.05) is 109 Å². The van der Waals surface area contributed by atoms with Crippen molar-refractivity contribution in [3.63, 3.8) is 0 Å². The van der Waals surface area contributed by atoms with Gasteiger partial charge in [-0.2, -0.15) is 0 Å². The third-order valence-corrected chi connectivity index (χ3v) is 13.7. The van der Waals surface area contributed by atoms with Crippen molar-refractivity contribution in [2.45, 2.75) is 0 Å². The Labute approximate surface area is 393 Å². The van der Waals surface area contributed by atoms with Gasteiger partial charge in [0.25, 0.3) is 0 Å². The molecule has 0 saturated heterocycles. The number of anilines is 10.